The van der Waals surface area contributed by atoms with E-state index in [0.717, 1.165) is 36.6 Å². The van der Waals surface area contributed by atoms with Crippen LogP contribution in [0.25, 0.3) is 22.4 Å². The summed E-state index contributed by atoms with van der Waals surface area (Å²) >= 11 is 6.03. The van der Waals surface area contributed by atoms with E-state index in [1.807, 2.05) is 0 Å². The summed E-state index contributed by atoms with van der Waals surface area (Å²) in [5.74, 6) is 0.145. The Hall–Kier alpha value is -2.25. The van der Waals surface area contributed by atoms with Gasteiger partial charge in [0.25, 0.3) is 0 Å². The monoisotopic (exact) mass is 360 g/mol. The number of aromatic nitrogens is 4. The van der Waals surface area contributed by atoms with E-state index in [2.05, 4.69) is 25.3 Å². The first kappa shape index (κ1) is 16.2. The van der Waals surface area contributed by atoms with Crippen LogP contribution in [0.5, 0.6) is 0 Å². The topological polar surface area (TPSA) is 92.5 Å². The molecule has 0 aromatic carbocycles. The molecule has 3 aromatic heterocycles. The average Bonchev–Trinajstić information content (AvgIpc) is 3.00. The Morgan fingerprint density at radius 1 is 1.28 bits per heavy atom. The quantitative estimate of drug-likeness (QED) is 0.664. The number of nitrogens with one attached hydrogen (secondary N) is 2. The van der Waals surface area contributed by atoms with Crippen molar-refractivity contribution in [3.63, 3.8) is 0 Å². The Labute approximate surface area is 149 Å². The Morgan fingerprint density at radius 2 is 2.16 bits per heavy atom. The van der Waals surface area contributed by atoms with Crippen LogP contribution < -0.4 is 11.1 Å². The molecule has 0 radical (unpaired) electrons. The van der Waals surface area contributed by atoms with Crippen molar-refractivity contribution in [2.24, 2.45) is 5.73 Å². The first-order valence-electron chi connectivity index (χ1n) is 8.28. The van der Waals surface area contributed by atoms with Crippen molar-refractivity contribution in [3.05, 3.63) is 35.5 Å². The molecule has 1 fully saturated rings. The van der Waals surface area contributed by atoms with Gasteiger partial charge in [0.2, 0.25) is 0 Å². The molecule has 6 nitrogen and oxygen atoms in total. The molecule has 4 N–H and O–H groups in total. The largest absolute Gasteiger partial charge is 0.365 e. The summed E-state index contributed by atoms with van der Waals surface area (Å²) in [6.45, 7) is 0. The number of fused-ring (bicyclic) bond motifs is 1. The lowest BCUT2D eigenvalue weighted by Gasteiger charge is -2.27. The van der Waals surface area contributed by atoms with Crippen LogP contribution in [-0.4, -0.2) is 32.0 Å². The van der Waals surface area contributed by atoms with Gasteiger partial charge >= 0.3 is 0 Å². The number of nitrogens with zero attached hydrogens (tertiary/aromatic N) is 3. The Kier molecular flexibility index (Phi) is 4.27. The van der Waals surface area contributed by atoms with Gasteiger partial charge in [-0.2, -0.15) is 0 Å². The third kappa shape index (κ3) is 3.29. The first-order chi connectivity index (χ1) is 12.1. The van der Waals surface area contributed by atoms with Gasteiger partial charge in [-0.15, -0.1) is 0 Å². The fraction of sp³-hybridized carbons (Fsp3) is 0.353. The number of rotatable bonds is 3. The minimum absolute atomic E-state index is 0.125. The van der Waals surface area contributed by atoms with Gasteiger partial charge in [-0.3, -0.25) is 0 Å². The molecule has 1 saturated carbocycles. The zero-order valence-corrected chi connectivity index (χ0v) is 14.2. The highest BCUT2D eigenvalue weighted by Crippen LogP contribution is 2.29. The first-order valence-corrected chi connectivity index (χ1v) is 8.65. The van der Waals surface area contributed by atoms with E-state index in [1.54, 1.807) is 18.5 Å². The van der Waals surface area contributed by atoms with E-state index in [4.69, 9.17) is 17.3 Å². The Morgan fingerprint density at radius 3 is 3.00 bits per heavy atom. The molecular weight excluding hydrogens is 343 g/mol. The smallest absolute Gasteiger partial charge is 0.183 e. The van der Waals surface area contributed by atoms with Crippen LogP contribution in [0.15, 0.2) is 24.7 Å². The molecule has 0 aliphatic heterocycles. The predicted molar refractivity (Wildman–Crippen MR) is 95.9 cm³/mol. The van der Waals surface area contributed by atoms with Crippen molar-refractivity contribution in [1.29, 1.82) is 0 Å². The third-order valence-electron chi connectivity index (χ3n) is 4.54. The number of hydrogen-bond acceptors (Lipinski definition) is 5. The molecule has 25 heavy (non-hydrogen) atoms. The van der Waals surface area contributed by atoms with Crippen LogP contribution in [-0.2, 0) is 0 Å². The Bertz CT molecular complexity index is 911. The molecular formula is C17H18ClFN6. The summed E-state index contributed by atoms with van der Waals surface area (Å²) in [5, 5.41) is 4.50. The summed E-state index contributed by atoms with van der Waals surface area (Å²) in [5.41, 5.74) is 7.42. The van der Waals surface area contributed by atoms with Gasteiger partial charge in [0.15, 0.2) is 17.5 Å². The number of halogens is 2. The summed E-state index contributed by atoms with van der Waals surface area (Å²) < 4.78 is 14.2. The number of H-pyrrole nitrogens is 1. The minimum Gasteiger partial charge on any atom is -0.365 e. The van der Waals surface area contributed by atoms with Crippen molar-refractivity contribution in [2.75, 3.05) is 5.32 Å². The predicted octanol–water partition coefficient (Wildman–Crippen LogP) is 3.49. The molecule has 0 saturated heterocycles. The maximum absolute atomic E-state index is 14.2. The van der Waals surface area contributed by atoms with Gasteiger partial charge in [-0.05, 0) is 31.7 Å². The molecule has 130 valence electrons. The van der Waals surface area contributed by atoms with Gasteiger partial charge in [-0.1, -0.05) is 11.6 Å². The zero-order chi connectivity index (χ0) is 17.4. The second kappa shape index (κ2) is 6.57. The van der Waals surface area contributed by atoms with Crippen LogP contribution in [0, 0.1) is 5.82 Å². The van der Waals surface area contributed by atoms with E-state index in [9.17, 15) is 4.39 Å². The standard InChI is InChI=1S/C17H18ClFN6/c18-9-4-12-13(7-22-15(12)21-6-9)16-23-8-14(19)17(25-16)24-11-3-1-2-10(20)5-11/h4,6-8,10-11H,1-3,5,20H2,(H,21,22)(H,23,24,25)/t10-,11?/m1/s1. The maximum Gasteiger partial charge on any atom is 0.183 e. The molecule has 1 aliphatic rings. The molecule has 2 atom stereocenters. The van der Waals surface area contributed by atoms with Crippen molar-refractivity contribution < 1.29 is 4.39 Å². The lowest BCUT2D eigenvalue weighted by molar-refractivity contribution is 0.407. The highest BCUT2D eigenvalue weighted by molar-refractivity contribution is 6.31. The zero-order valence-electron chi connectivity index (χ0n) is 13.5. The summed E-state index contributed by atoms with van der Waals surface area (Å²) in [4.78, 5) is 15.8. The van der Waals surface area contributed by atoms with Gasteiger partial charge in [0.1, 0.15) is 5.65 Å². The number of nitrogens with two attached hydrogens (primary N) is 1. The van der Waals surface area contributed by atoms with Crippen LogP contribution >= 0.6 is 11.6 Å². The summed E-state index contributed by atoms with van der Waals surface area (Å²) in [6.07, 6.45) is 8.31. The maximum atomic E-state index is 14.2. The van der Waals surface area contributed by atoms with Crippen LogP contribution in [0.4, 0.5) is 10.2 Å². The molecule has 0 spiro atoms. The van der Waals surface area contributed by atoms with Crippen molar-refractivity contribution in [1.82, 2.24) is 19.9 Å². The lowest BCUT2D eigenvalue weighted by Crippen LogP contribution is -2.35. The van der Waals surface area contributed by atoms with Gasteiger partial charge in [0, 0.05) is 35.4 Å². The SMILES string of the molecule is N[C@@H]1CCCC(Nc2nc(-c3c[nH]c4ncc(Cl)cc34)ncc2F)C1. The third-order valence-corrected chi connectivity index (χ3v) is 4.75. The van der Waals surface area contributed by atoms with Crippen molar-refractivity contribution in [2.45, 2.75) is 37.8 Å². The molecule has 0 bridgehead atoms. The molecule has 1 aliphatic carbocycles. The molecule has 3 heterocycles. The van der Waals surface area contributed by atoms with E-state index in [1.165, 1.54) is 6.20 Å². The van der Waals surface area contributed by atoms with E-state index >= 15 is 0 Å². The number of aromatic amines is 1. The van der Waals surface area contributed by atoms with Gasteiger partial charge in [0.05, 0.1) is 11.2 Å². The second-order valence-corrected chi connectivity index (χ2v) is 6.85. The number of pyridine rings is 1. The molecule has 8 heteroatoms. The second-order valence-electron chi connectivity index (χ2n) is 6.41. The van der Waals surface area contributed by atoms with Crippen molar-refractivity contribution in [3.8, 4) is 11.4 Å². The molecule has 0 amide bonds. The van der Waals surface area contributed by atoms with Crippen LogP contribution in [0.3, 0.4) is 0 Å². The molecule has 4 rings (SSSR count). The fourth-order valence-electron chi connectivity index (χ4n) is 3.31. The highest BCUT2D eigenvalue weighted by Gasteiger charge is 2.21. The van der Waals surface area contributed by atoms with Gasteiger partial charge < -0.3 is 16.0 Å². The Balaban J connectivity index is 1.67. The van der Waals surface area contributed by atoms with Crippen LogP contribution in [0.2, 0.25) is 5.02 Å². The highest BCUT2D eigenvalue weighted by atomic mass is 35.5. The minimum atomic E-state index is -0.473. The lowest BCUT2D eigenvalue weighted by atomic mass is 9.92. The van der Waals surface area contributed by atoms with Crippen LogP contribution in [0.1, 0.15) is 25.7 Å². The molecule has 3 aromatic rings. The van der Waals surface area contributed by atoms with Crippen molar-refractivity contribution >= 4 is 28.5 Å². The fourth-order valence-corrected chi connectivity index (χ4v) is 3.47. The summed E-state index contributed by atoms with van der Waals surface area (Å²) in [7, 11) is 0. The normalized spacial score (nSPS) is 20.8. The average molecular weight is 361 g/mol. The van der Waals surface area contributed by atoms with E-state index < -0.39 is 5.82 Å². The van der Waals surface area contributed by atoms with Gasteiger partial charge in [-0.25, -0.2) is 19.3 Å². The number of anilines is 1. The van der Waals surface area contributed by atoms with E-state index in [-0.39, 0.29) is 17.9 Å². The summed E-state index contributed by atoms with van der Waals surface area (Å²) in [6, 6.07) is 2.06. The van der Waals surface area contributed by atoms with E-state index in [0.29, 0.717) is 16.5 Å². The molecule has 1 unspecified atom stereocenters. The number of hydrogen-bond donors (Lipinski definition) is 3.